The maximum Gasteiger partial charge on any atom is 0.490 e. The summed E-state index contributed by atoms with van der Waals surface area (Å²) < 4.78 is 45.4. The van der Waals surface area contributed by atoms with Crippen molar-refractivity contribution < 1.29 is 37.1 Å². The van der Waals surface area contributed by atoms with E-state index in [9.17, 15) is 27.2 Å². The molecule has 2 aromatic rings. The first kappa shape index (κ1) is 26.0. The SMILES string of the molecule is O=C(Nc1ccc(Cl)cn1)c1ccc(F)cc1NC(=O)C1CCNCC1.O=C(O)C(F)(F)F. The number of carbonyl (C=O) groups is 3. The number of carboxylic acids is 1. The van der Waals surface area contributed by atoms with Gasteiger partial charge >= 0.3 is 12.1 Å². The molecule has 0 spiro atoms. The minimum atomic E-state index is -5.08. The van der Waals surface area contributed by atoms with Gasteiger partial charge in [0.15, 0.2) is 0 Å². The predicted octanol–water partition coefficient (Wildman–Crippen LogP) is 3.70. The largest absolute Gasteiger partial charge is 0.490 e. The molecule has 1 aliphatic heterocycles. The number of hydrogen-bond donors (Lipinski definition) is 4. The van der Waals surface area contributed by atoms with Crippen molar-refractivity contribution in [3.05, 3.63) is 52.9 Å². The quantitative estimate of drug-likeness (QED) is 0.485. The molecule has 0 saturated carbocycles. The number of hydrogen-bond acceptors (Lipinski definition) is 5. The molecule has 2 heterocycles. The highest BCUT2D eigenvalue weighted by Gasteiger charge is 2.38. The summed E-state index contributed by atoms with van der Waals surface area (Å²) in [5, 5.41) is 16.0. The van der Waals surface area contributed by atoms with E-state index >= 15 is 0 Å². The molecule has 3 rings (SSSR count). The number of benzene rings is 1. The fraction of sp³-hybridized carbons (Fsp3) is 0.300. The lowest BCUT2D eigenvalue weighted by Gasteiger charge is -2.22. The molecule has 1 aliphatic rings. The number of nitrogens with one attached hydrogen (secondary N) is 3. The van der Waals surface area contributed by atoms with Gasteiger partial charge in [0, 0.05) is 12.1 Å². The number of aromatic nitrogens is 1. The monoisotopic (exact) mass is 490 g/mol. The lowest BCUT2D eigenvalue weighted by atomic mass is 9.97. The predicted molar refractivity (Wildman–Crippen MR) is 112 cm³/mol. The van der Waals surface area contributed by atoms with Gasteiger partial charge in [0.1, 0.15) is 11.6 Å². The van der Waals surface area contributed by atoms with E-state index in [1.807, 2.05) is 0 Å². The van der Waals surface area contributed by atoms with Crippen LogP contribution in [0.15, 0.2) is 36.5 Å². The molecule has 33 heavy (non-hydrogen) atoms. The average molecular weight is 491 g/mol. The smallest absolute Gasteiger partial charge is 0.475 e. The van der Waals surface area contributed by atoms with Gasteiger partial charge in [-0.3, -0.25) is 9.59 Å². The summed E-state index contributed by atoms with van der Waals surface area (Å²) in [6.07, 6.45) is -2.27. The van der Waals surface area contributed by atoms with Crippen LogP contribution in [-0.4, -0.2) is 47.1 Å². The van der Waals surface area contributed by atoms with Gasteiger partial charge in [0.2, 0.25) is 5.91 Å². The van der Waals surface area contributed by atoms with Gasteiger partial charge in [0.25, 0.3) is 5.91 Å². The minimum Gasteiger partial charge on any atom is -0.475 e. The molecule has 178 valence electrons. The Bertz CT molecular complexity index is 997. The number of aliphatic carboxylic acids is 1. The van der Waals surface area contributed by atoms with Crippen LogP contribution in [0.25, 0.3) is 0 Å². The maximum atomic E-state index is 13.7. The second kappa shape index (κ2) is 11.6. The van der Waals surface area contributed by atoms with Crippen LogP contribution in [0, 0.1) is 11.7 Å². The highest BCUT2D eigenvalue weighted by Crippen LogP contribution is 2.22. The highest BCUT2D eigenvalue weighted by atomic mass is 35.5. The normalized spacial score (nSPS) is 14.0. The molecule has 1 aromatic heterocycles. The van der Waals surface area contributed by atoms with Crippen LogP contribution in [0.5, 0.6) is 0 Å². The van der Waals surface area contributed by atoms with Crippen LogP contribution in [-0.2, 0) is 9.59 Å². The molecule has 1 fully saturated rings. The lowest BCUT2D eigenvalue weighted by molar-refractivity contribution is -0.192. The number of carbonyl (C=O) groups excluding carboxylic acids is 2. The minimum absolute atomic E-state index is 0.139. The van der Waals surface area contributed by atoms with E-state index in [-0.39, 0.29) is 23.1 Å². The molecular formula is C20H19ClF4N4O4. The zero-order chi connectivity index (χ0) is 24.6. The van der Waals surface area contributed by atoms with E-state index in [4.69, 9.17) is 21.5 Å². The van der Waals surface area contributed by atoms with Crippen molar-refractivity contribution in [3.8, 4) is 0 Å². The van der Waals surface area contributed by atoms with E-state index in [2.05, 4.69) is 20.9 Å². The molecular weight excluding hydrogens is 472 g/mol. The van der Waals surface area contributed by atoms with Crippen molar-refractivity contribution in [2.75, 3.05) is 23.7 Å². The van der Waals surface area contributed by atoms with Crippen molar-refractivity contribution in [1.29, 1.82) is 0 Å². The number of anilines is 2. The Balaban J connectivity index is 0.000000479. The third kappa shape index (κ3) is 8.31. The Hall–Kier alpha value is -3.25. The summed E-state index contributed by atoms with van der Waals surface area (Å²) in [5.74, 6) is -3.86. The summed E-state index contributed by atoms with van der Waals surface area (Å²) in [6, 6.07) is 6.79. The van der Waals surface area contributed by atoms with Crippen LogP contribution in [0.1, 0.15) is 23.2 Å². The first-order valence-corrected chi connectivity index (χ1v) is 9.89. The Labute approximate surface area is 190 Å². The van der Waals surface area contributed by atoms with Gasteiger partial charge in [-0.15, -0.1) is 0 Å². The van der Waals surface area contributed by atoms with E-state index in [1.54, 1.807) is 12.1 Å². The van der Waals surface area contributed by atoms with Crippen molar-refractivity contribution >= 4 is 40.9 Å². The number of amides is 2. The van der Waals surface area contributed by atoms with E-state index < -0.39 is 23.9 Å². The topological polar surface area (TPSA) is 120 Å². The van der Waals surface area contributed by atoms with Gasteiger partial charge in [-0.2, -0.15) is 13.2 Å². The van der Waals surface area contributed by atoms with Crippen LogP contribution in [0.4, 0.5) is 29.1 Å². The molecule has 0 bridgehead atoms. The van der Waals surface area contributed by atoms with Gasteiger partial charge < -0.3 is 21.1 Å². The van der Waals surface area contributed by atoms with E-state index in [0.29, 0.717) is 23.7 Å². The molecule has 1 saturated heterocycles. The van der Waals surface area contributed by atoms with Gasteiger partial charge in [-0.05, 0) is 56.3 Å². The van der Waals surface area contributed by atoms with Crippen molar-refractivity contribution in [1.82, 2.24) is 10.3 Å². The van der Waals surface area contributed by atoms with Crippen LogP contribution >= 0.6 is 11.6 Å². The number of halogens is 5. The average Bonchev–Trinajstić information content (AvgIpc) is 2.76. The van der Waals surface area contributed by atoms with Crippen molar-refractivity contribution in [2.45, 2.75) is 19.0 Å². The third-order valence-corrected chi connectivity index (χ3v) is 4.63. The van der Waals surface area contributed by atoms with Gasteiger partial charge in [-0.25, -0.2) is 14.2 Å². The molecule has 1 aromatic carbocycles. The number of carboxylic acid groups (broad SMARTS) is 1. The summed E-state index contributed by atoms with van der Waals surface area (Å²) in [6.45, 7) is 1.52. The fourth-order valence-corrected chi connectivity index (χ4v) is 2.88. The summed E-state index contributed by atoms with van der Waals surface area (Å²) in [5.41, 5.74) is 0.297. The molecule has 0 unspecified atom stereocenters. The van der Waals surface area contributed by atoms with Gasteiger partial charge in [-0.1, -0.05) is 11.6 Å². The van der Waals surface area contributed by atoms with E-state index in [0.717, 1.165) is 19.2 Å². The van der Waals surface area contributed by atoms with Crippen molar-refractivity contribution in [2.24, 2.45) is 5.92 Å². The zero-order valence-electron chi connectivity index (χ0n) is 16.9. The van der Waals surface area contributed by atoms with Crippen molar-refractivity contribution in [3.63, 3.8) is 0 Å². The maximum absolute atomic E-state index is 13.7. The highest BCUT2D eigenvalue weighted by molar-refractivity contribution is 6.30. The molecule has 0 radical (unpaired) electrons. The molecule has 8 nitrogen and oxygen atoms in total. The molecule has 2 amide bonds. The Kier molecular flexibility index (Phi) is 9.12. The second-order valence-corrected chi connectivity index (χ2v) is 7.26. The third-order valence-electron chi connectivity index (χ3n) is 4.41. The number of alkyl halides is 3. The molecule has 4 N–H and O–H groups in total. The summed E-state index contributed by atoms with van der Waals surface area (Å²) in [4.78, 5) is 37.8. The van der Waals surface area contributed by atoms with Crippen LogP contribution < -0.4 is 16.0 Å². The van der Waals surface area contributed by atoms with Crippen LogP contribution in [0.2, 0.25) is 5.02 Å². The number of piperidine rings is 1. The molecule has 13 heteroatoms. The number of nitrogens with zero attached hydrogens (tertiary/aromatic N) is 1. The number of rotatable bonds is 4. The Morgan fingerprint density at radius 3 is 2.27 bits per heavy atom. The molecule has 0 aliphatic carbocycles. The van der Waals surface area contributed by atoms with Gasteiger partial charge in [0.05, 0.1) is 16.3 Å². The zero-order valence-corrected chi connectivity index (χ0v) is 17.6. The van der Waals surface area contributed by atoms with E-state index in [1.165, 1.54) is 18.3 Å². The first-order valence-electron chi connectivity index (χ1n) is 9.51. The summed E-state index contributed by atoms with van der Waals surface area (Å²) >= 11 is 5.77. The standard InChI is InChI=1S/C18H18ClFN4O2.C2HF3O2/c19-12-1-4-16(22-10-12)24-18(26)14-3-2-13(20)9-15(14)23-17(25)11-5-7-21-8-6-11;3-2(4,5)1(6)7/h1-4,9-11,21H,5-8H2,(H,23,25)(H,22,24,26);(H,6,7). The Morgan fingerprint density at radius 1 is 1.09 bits per heavy atom. The lowest BCUT2D eigenvalue weighted by Crippen LogP contribution is -2.35. The molecule has 0 atom stereocenters. The first-order chi connectivity index (χ1) is 15.5. The second-order valence-electron chi connectivity index (χ2n) is 6.82. The Morgan fingerprint density at radius 2 is 1.73 bits per heavy atom. The summed E-state index contributed by atoms with van der Waals surface area (Å²) in [7, 11) is 0. The van der Waals surface area contributed by atoms with Crippen LogP contribution in [0.3, 0.4) is 0 Å². The fourth-order valence-electron chi connectivity index (χ4n) is 2.77. The number of pyridine rings is 1.